The first-order chi connectivity index (χ1) is 10.2. The van der Waals surface area contributed by atoms with Crippen molar-refractivity contribution in [2.24, 2.45) is 7.05 Å². The molecule has 0 amide bonds. The molecular formula is C14H20N4O3. The van der Waals surface area contributed by atoms with Crippen LogP contribution in [0.4, 0.5) is 0 Å². The minimum Gasteiger partial charge on any atom is -0.493 e. The lowest BCUT2D eigenvalue weighted by atomic mass is 10.0. The standard InChI is InChI=1S/C14H20N4O3/c1-15-13(10-8-16-17-18(10)2)9-6-11(19-3)14(21-5)12(7-9)20-4/h6-8,13,15H,1-5H3. The Hall–Kier alpha value is -2.28. The van der Waals surface area contributed by atoms with E-state index in [0.717, 1.165) is 11.3 Å². The van der Waals surface area contributed by atoms with Crippen LogP contribution in [0.3, 0.4) is 0 Å². The summed E-state index contributed by atoms with van der Waals surface area (Å²) in [5, 5.41) is 11.1. The van der Waals surface area contributed by atoms with Gasteiger partial charge in [-0.15, -0.1) is 5.10 Å². The van der Waals surface area contributed by atoms with Gasteiger partial charge in [-0.25, -0.2) is 0 Å². The van der Waals surface area contributed by atoms with E-state index in [9.17, 15) is 0 Å². The smallest absolute Gasteiger partial charge is 0.203 e. The first-order valence-electron chi connectivity index (χ1n) is 6.48. The van der Waals surface area contributed by atoms with Crippen LogP contribution in [0.25, 0.3) is 0 Å². The Labute approximate surface area is 123 Å². The van der Waals surface area contributed by atoms with E-state index in [0.29, 0.717) is 17.2 Å². The zero-order chi connectivity index (χ0) is 15.4. The number of hydrogen-bond acceptors (Lipinski definition) is 6. The van der Waals surface area contributed by atoms with Gasteiger partial charge in [0.2, 0.25) is 5.75 Å². The summed E-state index contributed by atoms with van der Waals surface area (Å²) in [5.74, 6) is 1.80. The highest BCUT2D eigenvalue weighted by atomic mass is 16.5. The van der Waals surface area contributed by atoms with E-state index in [1.165, 1.54) is 0 Å². The van der Waals surface area contributed by atoms with Crippen molar-refractivity contribution in [3.63, 3.8) is 0 Å². The molecule has 0 saturated heterocycles. The fourth-order valence-electron chi connectivity index (χ4n) is 2.31. The number of hydrogen-bond donors (Lipinski definition) is 1. The molecule has 1 heterocycles. The maximum Gasteiger partial charge on any atom is 0.203 e. The van der Waals surface area contributed by atoms with Gasteiger partial charge in [-0.3, -0.25) is 4.68 Å². The predicted octanol–water partition coefficient (Wildman–Crippen LogP) is 1.15. The molecule has 2 aromatic rings. The fourth-order valence-corrected chi connectivity index (χ4v) is 2.31. The van der Waals surface area contributed by atoms with Crippen LogP contribution in [0.1, 0.15) is 17.3 Å². The van der Waals surface area contributed by atoms with Crippen LogP contribution < -0.4 is 19.5 Å². The molecule has 1 N–H and O–H groups in total. The molecule has 114 valence electrons. The van der Waals surface area contributed by atoms with Gasteiger partial charge in [0.1, 0.15) is 0 Å². The lowest BCUT2D eigenvalue weighted by Crippen LogP contribution is -2.20. The number of nitrogens with zero attached hydrogens (tertiary/aromatic N) is 3. The molecule has 0 aliphatic carbocycles. The number of benzene rings is 1. The second-order valence-corrected chi connectivity index (χ2v) is 4.46. The van der Waals surface area contributed by atoms with Gasteiger partial charge in [-0.2, -0.15) is 0 Å². The van der Waals surface area contributed by atoms with Gasteiger partial charge < -0.3 is 19.5 Å². The Morgan fingerprint density at radius 2 is 1.71 bits per heavy atom. The minimum atomic E-state index is -0.0845. The van der Waals surface area contributed by atoms with E-state index in [1.54, 1.807) is 32.2 Å². The number of aryl methyl sites for hydroxylation is 1. The topological polar surface area (TPSA) is 70.4 Å². The van der Waals surface area contributed by atoms with Gasteiger partial charge in [-0.1, -0.05) is 5.21 Å². The summed E-state index contributed by atoms with van der Waals surface area (Å²) in [6.07, 6.45) is 1.73. The number of ether oxygens (including phenoxy) is 3. The number of nitrogens with one attached hydrogen (secondary N) is 1. The SMILES string of the molecule is CNC(c1cc(OC)c(OC)c(OC)c1)c1cnnn1C. The summed E-state index contributed by atoms with van der Waals surface area (Å²) < 4.78 is 17.8. The van der Waals surface area contributed by atoms with Crippen molar-refractivity contribution in [2.45, 2.75) is 6.04 Å². The summed E-state index contributed by atoms with van der Waals surface area (Å²) in [5.41, 5.74) is 1.91. The molecule has 0 aliphatic rings. The number of rotatable bonds is 6. The fraction of sp³-hybridized carbons (Fsp3) is 0.429. The van der Waals surface area contributed by atoms with Crippen LogP contribution in [0.2, 0.25) is 0 Å². The van der Waals surface area contributed by atoms with Crippen molar-refractivity contribution in [3.05, 3.63) is 29.6 Å². The minimum absolute atomic E-state index is 0.0845. The van der Waals surface area contributed by atoms with Crippen LogP contribution >= 0.6 is 0 Å². The van der Waals surface area contributed by atoms with Gasteiger partial charge in [0, 0.05) is 7.05 Å². The molecule has 0 saturated carbocycles. The molecule has 1 unspecified atom stereocenters. The summed E-state index contributed by atoms with van der Waals surface area (Å²) >= 11 is 0. The van der Waals surface area contributed by atoms with Gasteiger partial charge in [0.15, 0.2) is 11.5 Å². The zero-order valence-corrected chi connectivity index (χ0v) is 12.9. The van der Waals surface area contributed by atoms with Gasteiger partial charge in [0.25, 0.3) is 0 Å². The maximum absolute atomic E-state index is 5.39. The van der Waals surface area contributed by atoms with Crippen LogP contribution in [0, 0.1) is 0 Å². The van der Waals surface area contributed by atoms with Crippen LogP contribution in [0.15, 0.2) is 18.3 Å². The second kappa shape index (κ2) is 6.45. The van der Waals surface area contributed by atoms with Gasteiger partial charge in [-0.05, 0) is 24.7 Å². The average Bonchev–Trinajstić information content (AvgIpc) is 2.93. The van der Waals surface area contributed by atoms with Crippen molar-refractivity contribution in [1.82, 2.24) is 20.3 Å². The molecule has 7 nitrogen and oxygen atoms in total. The largest absolute Gasteiger partial charge is 0.493 e. The van der Waals surface area contributed by atoms with Gasteiger partial charge in [0.05, 0.1) is 39.3 Å². The first kappa shape index (κ1) is 15.1. The van der Waals surface area contributed by atoms with Crippen molar-refractivity contribution >= 4 is 0 Å². The summed E-state index contributed by atoms with van der Waals surface area (Å²) in [6, 6.07) is 3.74. The molecule has 1 aromatic heterocycles. The maximum atomic E-state index is 5.39. The molecule has 7 heteroatoms. The summed E-state index contributed by atoms with van der Waals surface area (Å²) in [7, 11) is 8.51. The van der Waals surface area contributed by atoms with Crippen molar-refractivity contribution in [1.29, 1.82) is 0 Å². The quantitative estimate of drug-likeness (QED) is 0.861. The average molecular weight is 292 g/mol. The molecule has 21 heavy (non-hydrogen) atoms. The Balaban J connectivity index is 2.54. The van der Waals surface area contributed by atoms with Crippen molar-refractivity contribution in [3.8, 4) is 17.2 Å². The van der Waals surface area contributed by atoms with Gasteiger partial charge >= 0.3 is 0 Å². The molecule has 2 rings (SSSR count). The molecule has 1 aromatic carbocycles. The molecule has 0 spiro atoms. The highest BCUT2D eigenvalue weighted by molar-refractivity contribution is 5.55. The normalized spacial score (nSPS) is 12.0. The molecule has 0 radical (unpaired) electrons. The first-order valence-corrected chi connectivity index (χ1v) is 6.48. The Bertz CT molecular complexity index is 587. The van der Waals surface area contributed by atoms with Crippen LogP contribution in [-0.2, 0) is 7.05 Å². The molecule has 0 aliphatic heterocycles. The highest BCUT2D eigenvalue weighted by Gasteiger charge is 2.21. The lowest BCUT2D eigenvalue weighted by Gasteiger charge is -2.20. The third-order valence-electron chi connectivity index (χ3n) is 3.35. The molecular weight excluding hydrogens is 272 g/mol. The van der Waals surface area contributed by atoms with Crippen molar-refractivity contribution in [2.75, 3.05) is 28.4 Å². The Morgan fingerprint density at radius 3 is 2.10 bits per heavy atom. The predicted molar refractivity (Wildman–Crippen MR) is 78.0 cm³/mol. The van der Waals surface area contributed by atoms with E-state index in [4.69, 9.17) is 14.2 Å². The van der Waals surface area contributed by atoms with Crippen molar-refractivity contribution < 1.29 is 14.2 Å². The zero-order valence-electron chi connectivity index (χ0n) is 12.9. The molecule has 1 atom stereocenters. The Kier molecular flexibility index (Phi) is 4.64. The number of aromatic nitrogens is 3. The molecule has 0 fully saturated rings. The van der Waals surface area contributed by atoms with E-state index in [-0.39, 0.29) is 6.04 Å². The lowest BCUT2D eigenvalue weighted by molar-refractivity contribution is 0.323. The van der Waals surface area contributed by atoms with E-state index < -0.39 is 0 Å². The van der Waals surface area contributed by atoms with Crippen LogP contribution in [0.5, 0.6) is 17.2 Å². The van der Waals surface area contributed by atoms with E-state index in [1.807, 2.05) is 26.2 Å². The third kappa shape index (κ3) is 2.78. The Morgan fingerprint density at radius 1 is 1.10 bits per heavy atom. The highest BCUT2D eigenvalue weighted by Crippen LogP contribution is 2.40. The number of methoxy groups -OCH3 is 3. The second-order valence-electron chi connectivity index (χ2n) is 4.46. The summed E-state index contributed by atoms with van der Waals surface area (Å²) in [4.78, 5) is 0. The third-order valence-corrected chi connectivity index (χ3v) is 3.35. The summed E-state index contributed by atoms with van der Waals surface area (Å²) in [6.45, 7) is 0. The molecule has 0 bridgehead atoms. The van der Waals surface area contributed by atoms with E-state index >= 15 is 0 Å². The monoisotopic (exact) mass is 292 g/mol. The van der Waals surface area contributed by atoms with Crippen LogP contribution in [-0.4, -0.2) is 43.4 Å². The van der Waals surface area contributed by atoms with E-state index in [2.05, 4.69) is 15.6 Å².